The molecule has 0 spiro atoms. The number of rotatable bonds is 4. The highest BCUT2D eigenvalue weighted by Gasteiger charge is 2.13. The molecule has 0 saturated carbocycles. The second kappa shape index (κ2) is 4.84. The van der Waals surface area contributed by atoms with E-state index in [-0.39, 0.29) is 12.3 Å². The van der Waals surface area contributed by atoms with E-state index >= 15 is 0 Å². The number of aldehydes is 1. The van der Waals surface area contributed by atoms with Gasteiger partial charge in [0, 0.05) is 12.5 Å². The van der Waals surface area contributed by atoms with Crippen molar-refractivity contribution < 1.29 is 13.6 Å². The monoisotopic (exact) mass is 198 g/mol. The van der Waals surface area contributed by atoms with Crippen molar-refractivity contribution >= 4 is 6.29 Å². The first-order chi connectivity index (χ1) is 6.69. The number of carbonyl (C=O) groups is 1. The largest absolute Gasteiger partial charge is 0.303 e. The van der Waals surface area contributed by atoms with Gasteiger partial charge in [0.2, 0.25) is 0 Å². The minimum Gasteiger partial charge on any atom is -0.303 e. The molecule has 3 heteroatoms. The van der Waals surface area contributed by atoms with Crippen LogP contribution in [-0.2, 0) is 4.79 Å². The number of carbonyl (C=O) groups excluding carboxylic acids is 1. The molecule has 0 heterocycles. The third kappa shape index (κ3) is 2.37. The molecule has 1 aromatic rings. The van der Waals surface area contributed by atoms with Crippen molar-refractivity contribution in [3.05, 3.63) is 35.4 Å². The fraction of sp³-hybridized carbons (Fsp3) is 0.364. The number of hydrogen-bond donors (Lipinski definition) is 0. The van der Waals surface area contributed by atoms with Crippen molar-refractivity contribution in [1.82, 2.24) is 0 Å². The van der Waals surface area contributed by atoms with Gasteiger partial charge in [0.25, 0.3) is 0 Å². The Labute approximate surface area is 81.7 Å². The fourth-order valence-electron chi connectivity index (χ4n) is 1.46. The molecule has 1 nitrogen and oxygen atoms in total. The van der Waals surface area contributed by atoms with Gasteiger partial charge < -0.3 is 4.79 Å². The normalized spacial score (nSPS) is 12.5. The van der Waals surface area contributed by atoms with E-state index < -0.39 is 11.6 Å². The Morgan fingerprint density at radius 3 is 2.64 bits per heavy atom. The molecule has 0 aliphatic heterocycles. The summed E-state index contributed by atoms with van der Waals surface area (Å²) in [5.74, 6) is -1.31. The van der Waals surface area contributed by atoms with Crippen LogP contribution in [0.3, 0.4) is 0 Å². The van der Waals surface area contributed by atoms with Crippen LogP contribution in [0.1, 0.15) is 31.2 Å². The van der Waals surface area contributed by atoms with Gasteiger partial charge in [-0.05, 0) is 24.0 Å². The van der Waals surface area contributed by atoms with Crippen LogP contribution in [0.25, 0.3) is 0 Å². The predicted molar refractivity (Wildman–Crippen MR) is 50.1 cm³/mol. The van der Waals surface area contributed by atoms with E-state index in [1.807, 2.05) is 6.92 Å². The van der Waals surface area contributed by atoms with Crippen LogP contribution in [-0.4, -0.2) is 6.29 Å². The lowest BCUT2D eigenvalue weighted by molar-refractivity contribution is -0.108. The Hall–Kier alpha value is -1.25. The van der Waals surface area contributed by atoms with E-state index in [1.54, 1.807) is 0 Å². The maximum absolute atomic E-state index is 13.3. The number of halogens is 2. The molecule has 1 atom stereocenters. The van der Waals surface area contributed by atoms with Crippen molar-refractivity contribution in [3.8, 4) is 0 Å². The van der Waals surface area contributed by atoms with Gasteiger partial charge in [0.15, 0.2) is 0 Å². The summed E-state index contributed by atoms with van der Waals surface area (Å²) in [5.41, 5.74) is 0.418. The summed E-state index contributed by atoms with van der Waals surface area (Å²) in [4.78, 5) is 10.3. The maximum Gasteiger partial charge on any atom is 0.129 e. The van der Waals surface area contributed by atoms with Gasteiger partial charge in [-0.3, -0.25) is 0 Å². The lowest BCUT2D eigenvalue weighted by Crippen LogP contribution is -2.01. The molecule has 76 valence electrons. The Bertz CT molecular complexity index is 323. The molecule has 0 aliphatic rings. The fourth-order valence-corrected chi connectivity index (χ4v) is 1.46. The van der Waals surface area contributed by atoms with Gasteiger partial charge in [0.05, 0.1) is 0 Å². The summed E-state index contributed by atoms with van der Waals surface area (Å²) in [7, 11) is 0. The topological polar surface area (TPSA) is 17.1 Å². The number of hydrogen-bond acceptors (Lipinski definition) is 1. The molecule has 0 aromatic heterocycles. The van der Waals surface area contributed by atoms with Gasteiger partial charge in [0.1, 0.15) is 17.9 Å². The second-order valence-corrected chi connectivity index (χ2v) is 3.17. The molecule has 0 N–H and O–H groups in total. The Balaban J connectivity index is 2.97. The van der Waals surface area contributed by atoms with Gasteiger partial charge >= 0.3 is 0 Å². The summed E-state index contributed by atoms with van der Waals surface area (Å²) in [6, 6.07) is 3.47. The molecule has 0 bridgehead atoms. The average Bonchev–Trinajstić information content (AvgIpc) is 2.15. The van der Waals surface area contributed by atoms with Crippen LogP contribution in [0.5, 0.6) is 0 Å². The zero-order valence-electron chi connectivity index (χ0n) is 7.97. The van der Waals surface area contributed by atoms with E-state index in [0.29, 0.717) is 12.0 Å². The molecular weight excluding hydrogens is 186 g/mol. The van der Waals surface area contributed by atoms with E-state index in [2.05, 4.69) is 0 Å². The first-order valence-corrected chi connectivity index (χ1v) is 4.57. The smallest absolute Gasteiger partial charge is 0.129 e. The zero-order chi connectivity index (χ0) is 10.6. The summed E-state index contributed by atoms with van der Waals surface area (Å²) in [6.45, 7) is 1.87. The Kier molecular flexibility index (Phi) is 3.74. The molecule has 0 saturated heterocycles. The third-order valence-electron chi connectivity index (χ3n) is 2.28. The average molecular weight is 198 g/mol. The highest BCUT2D eigenvalue weighted by molar-refractivity contribution is 5.51. The van der Waals surface area contributed by atoms with Gasteiger partial charge in [-0.25, -0.2) is 8.78 Å². The standard InChI is InChI=1S/C11H12F2O/c1-2-8(5-6-14)10-4-3-9(12)7-11(10)13/h3-4,6-8H,2,5H2,1H3. The summed E-state index contributed by atoms with van der Waals surface area (Å²) >= 11 is 0. The Morgan fingerprint density at radius 2 is 2.14 bits per heavy atom. The molecule has 0 amide bonds. The minimum absolute atomic E-state index is 0.145. The zero-order valence-corrected chi connectivity index (χ0v) is 7.97. The summed E-state index contributed by atoms with van der Waals surface area (Å²) in [5, 5.41) is 0. The van der Waals surface area contributed by atoms with Crippen molar-refractivity contribution in [3.63, 3.8) is 0 Å². The second-order valence-electron chi connectivity index (χ2n) is 3.17. The van der Waals surface area contributed by atoms with E-state index in [4.69, 9.17) is 0 Å². The molecular formula is C11H12F2O. The highest BCUT2D eigenvalue weighted by Crippen LogP contribution is 2.25. The predicted octanol–water partition coefficient (Wildman–Crippen LogP) is 3.05. The lowest BCUT2D eigenvalue weighted by Gasteiger charge is -2.12. The molecule has 1 unspecified atom stereocenters. The van der Waals surface area contributed by atoms with Crippen LogP contribution in [0, 0.1) is 11.6 Å². The van der Waals surface area contributed by atoms with Crippen molar-refractivity contribution in [2.24, 2.45) is 0 Å². The van der Waals surface area contributed by atoms with Gasteiger partial charge in [-0.15, -0.1) is 0 Å². The lowest BCUT2D eigenvalue weighted by atomic mass is 9.93. The van der Waals surface area contributed by atoms with E-state index in [1.165, 1.54) is 12.1 Å². The SMILES string of the molecule is CCC(CC=O)c1ccc(F)cc1F. The van der Waals surface area contributed by atoms with Crippen LogP contribution in [0.4, 0.5) is 8.78 Å². The molecule has 1 rings (SSSR count). The maximum atomic E-state index is 13.3. The van der Waals surface area contributed by atoms with Gasteiger partial charge in [-0.1, -0.05) is 13.0 Å². The van der Waals surface area contributed by atoms with Crippen LogP contribution in [0.2, 0.25) is 0 Å². The van der Waals surface area contributed by atoms with Crippen molar-refractivity contribution in [1.29, 1.82) is 0 Å². The van der Waals surface area contributed by atoms with Crippen LogP contribution >= 0.6 is 0 Å². The molecule has 14 heavy (non-hydrogen) atoms. The quantitative estimate of drug-likeness (QED) is 0.679. The van der Waals surface area contributed by atoms with Crippen molar-refractivity contribution in [2.75, 3.05) is 0 Å². The highest BCUT2D eigenvalue weighted by atomic mass is 19.1. The van der Waals surface area contributed by atoms with Crippen LogP contribution in [0.15, 0.2) is 18.2 Å². The van der Waals surface area contributed by atoms with Crippen molar-refractivity contribution in [2.45, 2.75) is 25.7 Å². The Morgan fingerprint density at radius 1 is 1.43 bits per heavy atom. The first-order valence-electron chi connectivity index (χ1n) is 4.57. The molecule has 0 aliphatic carbocycles. The molecule has 0 fully saturated rings. The van der Waals surface area contributed by atoms with Crippen LogP contribution < -0.4 is 0 Å². The van der Waals surface area contributed by atoms with E-state index in [0.717, 1.165) is 12.4 Å². The summed E-state index contributed by atoms with van der Waals surface area (Å²) in [6.07, 6.45) is 1.71. The number of benzene rings is 1. The van der Waals surface area contributed by atoms with Gasteiger partial charge in [-0.2, -0.15) is 0 Å². The minimum atomic E-state index is -0.591. The first kappa shape index (κ1) is 10.8. The summed E-state index contributed by atoms with van der Waals surface area (Å²) < 4.78 is 25.8. The molecule has 1 aromatic carbocycles. The molecule has 0 radical (unpaired) electrons. The van der Waals surface area contributed by atoms with E-state index in [9.17, 15) is 13.6 Å². The third-order valence-corrected chi connectivity index (χ3v) is 2.28.